The van der Waals surface area contributed by atoms with Crippen molar-refractivity contribution in [2.24, 2.45) is 0 Å². The minimum absolute atomic E-state index is 0.591. The van der Waals surface area contributed by atoms with E-state index in [-0.39, 0.29) is 0 Å². The predicted molar refractivity (Wildman–Crippen MR) is 82.4 cm³/mol. The zero-order chi connectivity index (χ0) is 15.1. The van der Waals surface area contributed by atoms with Gasteiger partial charge in [0.1, 0.15) is 12.1 Å². The Kier molecular flexibility index (Phi) is 5.51. The van der Waals surface area contributed by atoms with Gasteiger partial charge in [-0.05, 0) is 25.0 Å². The Bertz CT molecular complexity index is 587. The summed E-state index contributed by atoms with van der Waals surface area (Å²) >= 11 is 0. The van der Waals surface area contributed by atoms with Gasteiger partial charge in [-0.25, -0.2) is 9.97 Å². The maximum atomic E-state index is 5.48. The summed E-state index contributed by atoms with van der Waals surface area (Å²) in [7, 11) is 1.70. The first-order chi connectivity index (χ1) is 10.3. The first-order valence-electron chi connectivity index (χ1n) is 7.00. The van der Waals surface area contributed by atoms with Crippen LogP contribution in [0.15, 0.2) is 30.6 Å². The van der Waals surface area contributed by atoms with Gasteiger partial charge in [0, 0.05) is 13.7 Å². The second kappa shape index (κ2) is 7.59. The third kappa shape index (κ3) is 3.92. The van der Waals surface area contributed by atoms with Crippen LogP contribution < -0.4 is 10.1 Å². The van der Waals surface area contributed by atoms with Crippen molar-refractivity contribution >= 4 is 5.82 Å². The van der Waals surface area contributed by atoms with Crippen LogP contribution in [0.25, 0.3) is 0 Å². The molecule has 0 aliphatic carbocycles. The molecule has 5 nitrogen and oxygen atoms in total. The van der Waals surface area contributed by atoms with Crippen LogP contribution in [0, 0.1) is 6.92 Å². The first-order valence-corrected chi connectivity index (χ1v) is 7.00. The molecule has 0 amide bonds. The number of rotatable bonds is 7. The van der Waals surface area contributed by atoms with E-state index in [0.717, 1.165) is 11.4 Å². The van der Waals surface area contributed by atoms with Crippen LogP contribution in [-0.4, -0.2) is 23.7 Å². The summed E-state index contributed by atoms with van der Waals surface area (Å²) in [6, 6.07) is 8.19. The van der Waals surface area contributed by atoms with E-state index in [2.05, 4.69) is 27.4 Å². The second-order valence-corrected chi connectivity index (χ2v) is 4.64. The van der Waals surface area contributed by atoms with Gasteiger partial charge in [-0.3, -0.25) is 0 Å². The third-order valence-corrected chi connectivity index (χ3v) is 3.18. The number of nitrogens with one attached hydrogen (secondary N) is 1. The molecule has 0 saturated heterocycles. The molecular formula is C16H21N3O2. The highest BCUT2D eigenvalue weighted by atomic mass is 16.5. The molecule has 0 saturated carbocycles. The average molecular weight is 287 g/mol. The van der Waals surface area contributed by atoms with Crippen molar-refractivity contribution in [2.75, 3.05) is 19.0 Å². The van der Waals surface area contributed by atoms with Crippen molar-refractivity contribution in [1.29, 1.82) is 0 Å². The van der Waals surface area contributed by atoms with E-state index in [9.17, 15) is 0 Å². The lowest BCUT2D eigenvalue weighted by Gasteiger charge is -2.13. The molecule has 5 heteroatoms. The molecule has 112 valence electrons. The maximum Gasteiger partial charge on any atom is 0.221 e. The lowest BCUT2D eigenvalue weighted by Crippen LogP contribution is -2.08. The molecule has 1 N–H and O–H groups in total. The summed E-state index contributed by atoms with van der Waals surface area (Å²) in [6.07, 6.45) is 1.52. The van der Waals surface area contributed by atoms with Gasteiger partial charge in [-0.2, -0.15) is 0 Å². The van der Waals surface area contributed by atoms with Gasteiger partial charge >= 0.3 is 0 Å². The van der Waals surface area contributed by atoms with Crippen LogP contribution in [-0.2, 0) is 17.9 Å². The van der Waals surface area contributed by atoms with E-state index in [1.807, 2.05) is 26.0 Å². The largest absolute Gasteiger partial charge is 0.478 e. The normalized spacial score (nSPS) is 10.4. The summed E-state index contributed by atoms with van der Waals surface area (Å²) in [6.45, 7) is 5.77. The fourth-order valence-electron chi connectivity index (χ4n) is 2.10. The van der Waals surface area contributed by atoms with E-state index in [1.54, 1.807) is 7.11 Å². The summed E-state index contributed by atoms with van der Waals surface area (Å²) in [5, 5.41) is 3.34. The molecule has 2 aromatic rings. The van der Waals surface area contributed by atoms with Gasteiger partial charge in [0.15, 0.2) is 0 Å². The van der Waals surface area contributed by atoms with Crippen molar-refractivity contribution in [1.82, 2.24) is 9.97 Å². The molecule has 1 heterocycles. The van der Waals surface area contributed by atoms with Crippen LogP contribution in [0.5, 0.6) is 5.88 Å². The Morgan fingerprint density at radius 1 is 1.14 bits per heavy atom. The molecule has 0 unspecified atom stereocenters. The molecular weight excluding hydrogens is 266 g/mol. The predicted octanol–water partition coefficient (Wildman–Crippen LogP) is 2.94. The molecule has 0 spiro atoms. The number of hydrogen-bond acceptors (Lipinski definition) is 5. The van der Waals surface area contributed by atoms with Gasteiger partial charge < -0.3 is 14.8 Å². The van der Waals surface area contributed by atoms with Gasteiger partial charge in [-0.1, -0.05) is 24.3 Å². The SMILES string of the molecule is CCOc1ncnc(NCc2ccccc2COC)c1C. The molecule has 0 atom stereocenters. The Morgan fingerprint density at radius 2 is 1.90 bits per heavy atom. The van der Waals surface area contributed by atoms with Crippen molar-refractivity contribution < 1.29 is 9.47 Å². The molecule has 0 fully saturated rings. The monoisotopic (exact) mass is 287 g/mol. The fourth-order valence-corrected chi connectivity index (χ4v) is 2.10. The van der Waals surface area contributed by atoms with E-state index in [0.29, 0.717) is 25.6 Å². The van der Waals surface area contributed by atoms with Crippen molar-refractivity contribution in [2.45, 2.75) is 27.0 Å². The van der Waals surface area contributed by atoms with Crippen LogP contribution in [0.3, 0.4) is 0 Å². The first kappa shape index (κ1) is 15.3. The highest BCUT2D eigenvalue weighted by Crippen LogP contribution is 2.21. The molecule has 2 rings (SSSR count). The minimum atomic E-state index is 0.591. The number of aromatic nitrogens is 2. The summed E-state index contributed by atoms with van der Waals surface area (Å²) < 4.78 is 10.7. The number of methoxy groups -OCH3 is 1. The number of benzene rings is 1. The zero-order valence-corrected chi connectivity index (χ0v) is 12.7. The number of hydrogen-bond donors (Lipinski definition) is 1. The fraction of sp³-hybridized carbons (Fsp3) is 0.375. The lowest BCUT2D eigenvalue weighted by molar-refractivity contribution is 0.184. The molecule has 21 heavy (non-hydrogen) atoms. The standard InChI is InChI=1S/C16H21N3O2/c1-4-21-16-12(2)15(18-11-19-16)17-9-13-7-5-6-8-14(13)10-20-3/h5-8,11H,4,9-10H2,1-3H3,(H,17,18,19). The topological polar surface area (TPSA) is 56.3 Å². The molecule has 0 aliphatic heterocycles. The maximum absolute atomic E-state index is 5.48. The van der Waals surface area contributed by atoms with Gasteiger partial charge in [-0.15, -0.1) is 0 Å². The Hall–Kier alpha value is -2.14. The highest BCUT2D eigenvalue weighted by Gasteiger charge is 2.08. The van der Waals surface area contributed by atoms with Crippen molar-refractivity contribution in [3.05, 3.63) is 47.3 Å². The molecule has 0 aliphatic rings. The highest BCUT2D eigenvalue weighted by molar-refractivity contribution is 5.48. The lowest BCUT2D eigenvalue weighted by atomic mass is 10.1. The second-order valence-electron chi connectivity index (χ2n) is 4.64. The molecule has 1 aromatic heterocycles. The van der Waals surface area contributed by atoms with E-state index in [1.165, 1.54) is 17.5 Å². The van der Waals surface area contributed by atoms with Crippen LogP contribution >= 0.6 is 0 Å². The van der Waals surface area contributed by atoms with Crippen molar-refractivity contribution in [3.8, 4) is 5.88 Å². The number of nitrogens with zero attached hydrogens (tertiary/aromatic N) is 2. The summed E-state index contributed by atoms with van der Waals surface area (Å²) in [4.78, 5) is 8.42. The average Bonchev–Trinajstić information content (AvgIpc) is 2.50. The Labute approximate surface area is 125 Å². The van der Waals surface area contributed by atoms with E-state index < -0.39 is 0 Å². The summed E-state index contributed by atoms with van der Waals surface area (Å²) in [5.74, 6) is 1.42. The number of ether oxygens (including phenoxy) is 2. The molecule has 0 radical (unpaired) electrons. The summed E-state index contributed by atoms with van der Waals surface area (Å²) in [5.41, 5.74) is 3.28. The quantitative estimate of drug-likeness (QED) is 0.848. The minimum Gasteiger partial charge on any atom is -0.478 e. The van der Waals surface area contributed by atoms with Gasteiger partial charge in [0.05, 0.1) is 18.8 Å². The van der Waals surface area contributed by atoms with E-state index in [4.69, 9.17) is 9.47 Å². The Morgan fingerprint density at radius 3 is 2.62 bits per heavy atom. The van der Waals surface area contributed by atoms with E-state index >= 15 is 0 Å². The van der Waals surface area contributed by atoms with Gasteiger partial charge in [0.2, 0.25) is 5.88 Å². The van der Waals surface area contributed by atoms with Crippen LogP contribution in [0.2, 0.25) is 0 Å². The molecule has 0 bridgehead atoms. The third-order valence-electron chi connectivity index (χ3n) is 3.18. The molecule has 1 aromatic carbocycles. The number of anilines is 1. The zero-order valence-electron chi connectivity index (χ0n) is 12.7. The smallest absolute Gasteiger partial charge is 0.221 e. The van der Waals surface area contributed by atoms with Crippen LogP contribution in [0.4, 0.5) is 5.82 Å². The Balaban J connectivity index is 2.11. The van der Waals surface area contributed by atoms with Crippen molar-refractivity contribution in [3.63, 3.8) is 0 Å². The van der Waals surface area contributed by atoms with Gasteiger partial charge in [0.25, 0.3) is 0 Å². The van der Waals surface area contributed by atoms with Crippen LogP contribution in [0.1, 0.15) is 23.6 Å².